The van der Waals surface area contributed by atoms with Gasteiger partial charge in [-0.15, -0.1) is 0 Å². The monoisotopic (exact) mass is 278 g/mol. The molecule has 0 saturated heterocycles. The molecule has 0 aliphatic rings. The average molecular weight is 279 g/mol. The van der Waals surface area contributed by atoms with Gasteiger partial charge in [0, 0.05) is 28.1 Å². The van der Waals surface area contributed by atoms with Gasteiger partial charge in [-0.2, -0.15) is 0 Å². The molecule has 3 heteroatoms. The lowest BCUT2D eigenvalue weighted by molar-refractivity contribution is 0.805. The molecule has 0 saturated carbocycles. The first kappa shape index (κ1) is 11.4. The summed E-state index contributed by atoms with van der Waals surface area (Å²) in [6.07, 6.45) is 0. The van der Waals surface area contributed by atoms with E-state index in [-0.39, 0.29) is 6.04 Å². The largest absolute Gasteiger partial charge is 0.381 e. The van der Waals surface area contributed by atoms with Crippen LogP contribution in [0.3, 0.4) is 0 Å². The maximum Gasteiger partial charge on any atom is 0.0423 e. The molecule has 0 fully saturated rings. The summed E-state index contributed by atoms with van der Waals surface area (Å²) in [4.78, 5) is 0. The number of nitrogens with one attached hydrogen (secondary N) is 1. The van der Waals surface area contributed by atoms with Gasteiger partial charge in [-0.1, -0.05) is 40.2 Å². The predicted octanol–water partition coefficient (Wildman–Crippen LogP) is 3.36. The van der Waals surface area contributed by atoms with Gasteiger partial charge in [0.25, 0.3) is 0 Å². The van der Waals surface area contributed by atoms with Crippen molar-refractivity contribution in [3.63, 3.8) is 0 Å². The van der Waals surface area contributed by atoms with E-state index in [1.165, 1.54) is 10.8 Å². The molecule has 0 bridgehead atoms. The van der Waals surface area contributed by atoms with Crippen LogP contribution in [0.5, 0.6) is 0 Å². The van der Waals surface area contributed by atoms with Crippen molar-refractivity contribution in [3.05, 3.63) is 40.9 Å². The maximum absolute atomic E-state index is 5.62. The van der Waals surface area contributed by atoms with Gasteiger partial charge >= 0.3 is 0 Å². The molecule has 0 spiro atoms. The Morgan fingerprint density at radius 1 is 1.19 bits per heavy atom. The summed E-state index contributed by atoms with van der Waals surface area (Å²) in [5, 5.41) is 5.85. The molecular formula is C13H15BrN2. The SMILES string of the molecule is CC(CN)Nc1ccc(Br)c2ccccc12. The highest BCUT2D eigenvalue weighted by molar-refractivity contribution is 9.10. The number of benzene rings is 2. The van der Waals surface area contributed by atoms with Gasteiger partial charge in [-0.05, 0) is 24.4 Å². The summed E-state index contributed by atoms with van der Waals surface area (Å²) in [6, 6.07) is 12.7. The highest BCUT2D eigenvalue weighted by atomic mass is 79.9. The lowest BCUT2D eigenvalue weighted by Crippen LogP contribution is -2.25. The Hall–Kier alpha value is -1.06. The highest BCUT2D eigenvalue weighted by Gasteiger charge is 2.05. The molecule has 3 N–H and O–H groups in total. The number of hydrogen-bond acceptors (Lipinski definition) is 2. The van der Waals surface area contributed by atoms with Crippen molar-refractivity contribution in [1.82, 2.24) is 0 Å². The third kappa shape index (κ3) is 2.20. The van der Waals surface area contributed by atoms with Crippen LogP contribution in [0, 0.1) is 0 Å². The first-order valence-electron chi connectivity index (χ1n) is 5.36. The molecule has 2 aromatic carbocycles. The summed E-state index contributed by atoms with van der Waals surface area (Å²) >= 11 is 3.56. The topological polar surface area (TPSA) is 38.0 Å². The second-order valence-corrected chi connectivity index (χ2v) is 4.78. The number of anilines is 1. The van der Waals surface area contributed by atoms with Crippen LogP contribution < -0.4 is 11.1 Å². The van der Waals surface area contributed by atoms with Gasteiger partial charge in [0.05, 0.1) is 0 Å². The zero-order valence-corrected chi connectivity index (χ0v) is 10.8. The van der Waals surface area contributed by atoms with E-state index < -0.39 is 0 Å². The first-order chi connectivity index (χ1) is 7.72. The number of nitrogens with two attached hydrogens (primary N) is 1. The molecule has 84 valence electrons. The van der Waals surface area contributed by atoms with E-state index in [2.05, 4.69) is 52.4 Å². The molecule has 0 aromatic heterocycles. The molecule has 0 aliphatic heterocycles. The van der Waals surface area contributed by atoms with Gasteiger partial charge < -0.3 is 11.1 Å². The summed E-state index contributed by atoms with van der Waals surface area (Å²) in [6.45, 7) is 2.71. The second kappa shape index (κ2) is 4.85. The van der Waals surface area contributed by atoms with E-state index >= 15 is 0 Å². The average Bonchev–Trinajstić information content (AvgIpc) is 2.33. The molecule has 16 heavy (non-hydrogen) atoms. The van der Waals surface area contributed by atoms with Crippen LogP contribution in [0.15, 0.2) is 40.9 Å². The fraction of sp³-hybridized carbons (Fsp3) is 0.231. The second-order valence-electron chi connectivity index (χ2n) is 3.92. The van der Waals surface area contributed by atoms with E-state index in [0.717, 1.165) is 10.2 Å². The Morgan fingerprint density at radius 2 is 1.88 bits per heavy atom. The third-order valence-corrected chi connectivity index (χ3v) is 3.32. The number of halogens is 1. The summed E-state index contributed by atoms with van der Waals surface area (Å²) in [5.74, 6) is 0. The standard InChI is InChI=1S/C13H15BrN2/c1-9(8-15)16-13-7-6-12(14)10-4-2-3-5-11(10)13/h2-7,9,16H,8,15H2,1H3. The smallest absolute Gasteiger partial charge is 0.0423 e. The minimum Gasteiger partial charge on any atom is -0.381 e. The third-order valence-electron chi connectivity index (χ3n) is 2.63. The van der Waals surface area contributed by atoms with Crippen LogP contribution in [0.25, 0.3) is 10.8 Å². The number of hydrogen-bond donors (Lipinski definition) is 2. The van der Waals surface area contributed by atoms with E-state index in [9.17, 15) is 0 Å². The van der Waals surface area contributed by atoms with E-state index in [4.69, 9.17) is 5.73 Å². The number of rotatable bonds is 3. The molecule has 2 aromatic rings. The van der Waals surface area contributed by atoms with E-state index in [1.54, 1.807) is 0 Å². The zero-order valence-electron chi connectivity index (χ0n) is 9.20. The Kier molecular flexibility index (Phi) is 3.46. The van der Waals surface area contributed by atoms with E-state index in [1.807, 2.05) is 12.1 Å². The van der Waals surface area contributed by atoms with Crippen molar-refractivity contribution in [2.45, 2.75) is 13.0 Å². The summed E-state index contributed by atoms with van der Waals surface area (Å²) < 4.78 is 1.12. The maximum atomic E-state index is 5.62. The van der Waals surface area contributed by atoms with Crippen LogP contribution >= 0.6 is 15.9 Å². The Balaban J connectivity index is 2.50. The molecule has 1 atom stereocenters. The molecule has 0 aliphatic carbocycles. The fourth-order valence-corrected chi connectivity index (χ4v) is 2.19. The molecule has 2 nitrogen and oxygen atoms in total. The van der Waals surface area contributed by atoms with Crippen molar-refractivity contribution in [2.24, 2.45) is 5.73 Å². The first-order valence-corrected chi connectivity index (χ1v) is 6.15. The van der Waals surface area contributed by atoms with Crippen LogP contribution in [-0.4, -0.2) is 12.6 Å². The lowest BCUT2D eigenvalue weighted by Gasteiger charge is -2.15. The van der Waals surface area contributed by atoms with Crippen molar-refractivity contribution in [3.8, 4) is 0 Å². The minimum atomic E-state index is 0.282. The van der Waals surface area contributed by atoms with Gasteiger partial charge in [-0.3, -0.25) is 0 Å². The van der Waals surface area contributed by atoms with Crippen molar-refractivity contribution >= 4 is 32.4 Å². The molecule has 0 amide bonds. The van der Waals surface area contributed by atoms with Crippen LogP contribution in [-0.2, 0) is 0 Å². The van der Waals surface area contributed by atoms with Crippen molar-refractivity contribution in [2.75, 3.05) is 11.9 Å². The van der Waals surface area contributed by atoms with Crippen LogP contribution in [0.4, 0.5) is 5.69 Å². The Bertz CT molecular complexity index is 496. The van der Waals surface area contributed by atoms with Crippen molar-refractivity contribution in [1.29, 1.82) is 0 Å². The predicted molar refractivity (Wildman–Crippen MR) is 73.8 cm³/mol. The van der Waals surface area contributed by atoms with Crippen LogP contribution in [0.1, 0.15) is 6.92 Å². The van der Waals surface area contributed by atoms with Crippen molar-refractivity contribution < 1.29 is 0 Å². The Labute approximate surface area is 104 Å². The van der Waals surface area contributed by atoms with Gasteiger partial charge in [-0.25, -0.2) is 0 Å². The molecule has 2 rings (SSSR count). The molecule has 0 radical (unpaired) electrons. The normalized spacial score (nSPS) is 12.7. The lowest BCUT2D eigenvalue weighted by atomic mass is 10.1. The fourth-order valence-electron chi connectivity index (χ4n) is 1.71. The molecule has 0 heterocycles. The quantitative estimate of drug-likeness (QED) is 0.904. The summed E-state index contributed by atoms with van der Waals surface area (Å²) in [5.41, 5.74) is 6.76. The molecular weight excluding hydrogens is 264 g/mol. The number of fused-ring (bicyclic) bond motifs is 1. The van der Waals surface area contributed by atoms with E-state index in [0.29, 0.717) is 6.54 Å². The Morgan fingerprint density at radius 3 is 2.56 bits per heavy atom. The minimum absolute atomic E-state index is 0.282. The van der Waals surface area contributed by atoms with Gasteiger partial charge in [0.2, 0.25) is 0 Å². The summed E-state index contributed by atoms with van der Waals surface area (Å²) in [7, 11) is 0. The van der Waals surface area contributed by atoms with Crippen LogP contribution in [0.2, 0.25) is 0 Å². The molecule has 1 unspecified atom stereocenters. The zero-order chi connectivity index (χ0) is 11.5. The highest BCUT2D eigenvalue weighted by Crippen LogP contribution is 2.30. The van der Waals surface area contributed by atoms with Gasteiger partial charge in [0.1, 0.15) is 0 Å². The van der Waals surface area contributed by atoms with Gasteiger partial charge in [0.15, 0.2) is 0 Å².